The molecular formula is C13H20N2. The lowest BCUT2D eigenvalue weighted by Crippen LogP contribution is -1.89. The molecule has 0 bridgehead atoms. The minimum absolute atomic E-state index is 1.24. The lowest BCUT2D eigenvalue weighted by molar-refractivity contribution is 1.10. The maximum absolute atomic E-state index is 3.88. The molecule has 0 aromatic heterocycles. The normalized spacial score (nSPS) is 14.7. The predicted molar refractivity (Wildman–Crippen MR) is 69.3 cm³/mol. The third-order valence-corrected chi connectivity index (χ3v) is 1.92. The molecule has 0 saturated carbocycles. The van der Waals surface area contributed by atoms with Gasteiger partial charge in [0.25, 0.3) is 0 Å². The van der Waals surface area contributed by atoms with Gasteiger partial charge < -0.3 is 5.32 Å². The van der Waals surface area contributed by atoms with Gasteiger partial charge in [-0.1, -0.05) is 18.2 Å². The third kappa shape index (κ3) is 7.50. The Morgan fingerprint density at radius 1 is 1.00 bits per heavy atom. The molecule has 0 aromatic carbocycles. The Bertz CT molecular complexity index is 304. The fraction of sp³-hybridized carbons (Fsp3) is 0.308. The Balaban J connectivity index is 4.37. The van der Waals surface area contributed by atoms with E-state index in [-0.39, 0.29) is 0 Å². The quantitative estimate of drug-likeness (QED) is 0.540. The van der Waals surface area contributed by atoms with Gasteiger partial charge in [-0.25, -0.2) is 0 Å². The molecule has 0 aliphatic carbocycles. The van der Waals surface area contributed by atoms with Crippen molar-refractivity contribution in [1.82, 2.24) is 5.32 Å². The summed E-state index contributed by atoms with van der Waals surface area (Å²) in [7, 11) is 3.64. The molecule has 0 atom stereocenters. The van der Waals surface area contributed by atoms with Crippen LogP contribution in [0.1, 0.15) is 13.8 Å². The Labute approximate surface area is 92.8 Å². The highest BCUT2D eigenvalue weighted by atomic mass is 14.8. The Hall–Kier alpha value is -1.57. The molecule has 15 heavy (non-hydrogen) atoms. The monoisotopic (exact) mass is 204 g/mol. The maximum Gasteiger partial charge on any atom is 0.0277 e. The van der Waals surface area contributed by atoms with E-state index in [1.807, 2.05) is 31.5 Å². The van der Waals surface area contributed by atoms with Crippen LogP contribution in [0.2, 0.25) is 0 Å². The van der Waals surface area contributed by atoms with Crippen LogP contribution in [-0.4, -0.2) is 20.3 Å². The van der Waals surface area contributed by atoms with Crippen molar-refractivity contribution in [2.24, 2.45) is 4.99 Å². The van der Waals surface area contributed by atoms with Crippen molar-refractivity contribution in [3.8, 4) is 0 Å². The first-order valence-corrected chi connectivity index (χ1v) is 4.99. The molecule has 0 heterocycles. The van der Waals surface area contributed by atoms with E-state index in [2.05, 4.69) is 36.3 Å². The summed E-state index contributed by atoms with van der Waals surface area (Å²) in [5.41, 5.74) is 2.49. The maximum atomic E-state index is 3.88. The largest absolute Gasteiger partial charge is 0.394 e. The highest BCUT2D eigenvalue weighted by molar-refractivity contribution is 5.71. The summed E-state index contributed by atoms with van der Waals surface area (Å²) < 4.78 is 0. The van der Waals surface area contributed by atoms with Gasteiger partial charge in [0, 0.05) is 20.3 Å². The second-order valence-electron chi connectivity index (χ2n) is 3.14. The molecule has 0 saturated heterocycles. The first kappa shape index (κ1) is 13.4. The standard InChI is InChI=1S/C13H20N2/c1-12(8-5-6-10-14-3)13(2)9-7-11-15-4/h5-11,14H,1-4H3. The molecule has 2 heteroatoms. The van der Waals surface area contributed by atoms with Gasteiger partial charge in [0.1, 0.15) is 0 Å². The summed E-state index contributed by atoms with van der Waals surface area (Å²) in [6, 6.07) is 0. The number of aliphatic imine (C=N–C) groups is 1. The van der Waals surface area contributed by atoms with Crippen LogP contribution in [-0.2, 0) is 0 Å². The van der Waals surface area contributed by atoms with E-state index < -0.39 is 0 Å². The van der Waals surface area contributed by atoms with Gasteiger partial charge in [-0.2, -0.15) is 0 Å². The minimum Gasteiger partial charge on any atom is -0.394 e. The van der Waals surface area contributed by atoms with Crippen LogP contribution < -0.4 is 5.32 Å². The van der Waals surface area contributed by atoms with E-state index in [4.69, 9.17) is 0 Å². The summed E-state index contributed by atoms with van der Waals surface area (Å²) in [5, 5.41) is 2.93. The first-order chi connectivity index (χ1) is 7.22. The van der Waals surface area contributed by atoms with E-state index in [0.717, 1.165) is 0 Å². The topological polar surface area (TPSA) is 24.4 Å². The fourth-order valence-corrected chi connectivity index (χ4v) is 0.888. The molecule has 0 aliphatic rings. The lowest BCUT2D eigenvalue weighted by Gasteiger charge is -1.95. The zero-order valence-corrected chi connectivity index (χ0v) is 9.99. The van der Waals surface area contributed by atoms with Gasteiger partial charge in [0.15, 0.2) is 0 Å². The van der Waals surface area contributed by atoms with Crippen LogP contribution in [0.4, 0.5) is 0 Å². The minimum atomic E-state index is 1.24. The first-order valence-electron chi connectivity index (χ1n) is 4.99. The molecule has 0 spiro atoms. The average molecular weight is 204 g/mol. The molecule has 82 valence electrons. The van der Waals surface area contributed by atoms with Crippen molar-refractivity contribution in [2.45, 2.75) is 13.8 Å². The Kier molecular flexibility index (Phi) is 8.06. The number of hydrogen-bond donors (Lipinski definition) is 1. The lowest BCUT2D eigenvalue weighted by atomic mass is 10.1. The van der Waals surface area contributed by atoms with Crippen LogP contribution in [0.3, 0.4) is 0 Å². The summed E-state index contributed by atoms with van der Waals surface area (Å²) in [4.78, 5) is 3.88. The molecule has 0 unspecified atom stereocenters. The van der Waals surface area contributed by atoms with Crippen LogP contribution in [0, 0.1) is 0 Å². The van der Waals surface area contributed by atoms with Crippen molar-refractivity contribution >= 4 is 6.21 Å². The van der Waals surface area contributed by atoms with Crippen molar-refractivity contribution in [3.63, 3.8) is 0 Å². The van der Waals surface area contributed by atoms with Crippen LogP contribution >= 0.6 is 0 Å². The predicted octanol–water partition coefficient (Wildman–Crippen LogP) is 2.87. The van der Waals surface area contributed by atoms with E-state index in [9.17, 15) is 0 Å². The fourth-order valence-electron chi connectivity index (χ4n) is 0.888. The summed E-state index contributed by atoms with van der Waals surface area (Å²) in [6.07, 6.45) is 13.7. The van der Waals surface area contributed by atoms with Crippen LogP contribution in [0.15, 0.2) is 52.7 Å². The molecule has 1 N–H and O–H groups in total. The summed E-state index contributed by atoms with van der Waals surface area (Å²) in [5.74, 6) is 0. The van der Waals surface area contributed by atoms with Crippen molar-refractivity contribution in [1.29, 1.82) is 0 Å². The number of hydrogen-bond acceptors (Lipinski definition) is 2. The number of nitrogens with zero attached hydrogens (tertiary/aromatic N) is 1. The molecular weight excluding hydrogens is 184 g/mol. The smallest absolute Gasteiger partial charge is 0.0277 e. The number of rotatable bonds is 5. The zero-order valence-electron chi connectivity index (χ0n) is 9.99. The number of nitrogens with one attached hydrogen (secondary N) is 1. The van der Waals surface area contributed by atoms with E-state index in [1.165, 1.54) is 11.1 Å². The molecule has 0 aromatic rings. The molecule has 2 nitrogen and oxygen atoms in total. The van der Waals surface area contributed by atoms with Gasteiger partial charge >= 0.3 is 0 Å². The van der Waals surface area contributed by atoms with Crippen molar-refractivity contribution in [2.75, 3.05) is 14.1 Å². The van der Waals surface area contributed by atoms with E-state index >= 15 is 0 Å². The highest BCUT2D eigenvalue weighted by Gasteiger charge is 1.86. The second kappa shape index (κ2) is 9.00. The summed E-state index contributed by atoms with van der Waals surface area (Å²) >= 11 is 0. The van der Waals surface area contributed by atoms with Crippen molar-refractivity contribution < 1.29 is 0 Å². The van der Waals surface area contributed by atoms with Crippen molar-refractivity contribution in [3.05, 3.63) is 47.7 Å². The molecule has 0 radical (unpaired) electrons. The Morgan fingerprint density at radius 2 is 1.60 bits per heavy atom. The van der Waals surface area contributed by atoms with Gasteiger partial charge in [0.05, 0.1) is 0 Å². The van der Waals surface area contributed by atoms with Gasteiger partial charge in [0.2, 0.25) is 0 Å². The second-order valence-corrected chi connectivity index (χ2v) is 3.14. The van der Waals surface area contributed by atoms with Gasteiger partial charge in [-0.3, -0.25) is 4.99 Å². The molecule has 0 amide bonds. The molecule has 0 aliphatic heterocycles. The van der Waals surface area contributed by atoms with E-state index in [0.29, 0.717) is 0 Å². The third-order valence-electron chi connectivity index (χ3n) is 1.92. The number of allylic oxidation sites excluding steroid dienone is 7. The summed E-state index contributed by atoms with van der Waals surface area (Å²) in [6.45, 7) is 4.17. The van der Waals surface area contributed by atoms with E-state index in [1.54, 1.807) is 13.3 Å². The van der Waals surface area contributed by atoms with Crippen LogP contribution in [0.25, 0.3) is 0 Å². The molecule has 0 rings (SSSR count). The van der Waals surface area contributed by atoms with Gasteiger partial charge in [-0.05, 0) is 43.3 Å². The van der Waals surface area contributed by atoms with Gasteiger partial charge in [-0.15, -0.1) is 0 Å². The molecule has 0 fully saturated rings. The van der Waals surface area contributed by atoms with Crippen LogP contribution in [0.5, 0.6) is 0 Å². The highest BCUT2D eigenvalue weighted by Crippen LogP contribution is 2.05. The Morgan fingerprint density at radius 3 is 2.13 bits per heavy atom. The SMILES string of the molecule is CN=CC=CC(C)=C(C)C=CC=CNC. The average Bonchev–Trinajstić information content (AvgIpc) is 2.24. The zero-order chi connectivity index (χ0) is 11.5.